The lowest BCUT2D eigenvalue weighted by Gasteiger charge is -2.16. The number of hydrogen-bond acceptors (Lipinski definition) is 3. The third kappa shape index (κ3) is 6.60. The third-order valence-corrected chi connectivity index (χ3v) is 3.35. The average molecular weight is 294 g/mol. The Bertz CT molecular complexity index is 418. The molecule has 118 valence electrons. The highest BCUT2D eigenvalue weighted by Gasteiger charge is 2.10. The minimum absolute atomic E-state index is 0.157. The minimum Gasteiger partial charge on any atom is -0.396 e. The van der Waals surface area contributed by atoms with Crippen molar-refractivity contribution in [3.63, 3.8) is 0 Å². The quantitative estimate of drug-likeness (QED) is 0.656. The van der Waals surface area contributed by atoms with Crippen LogP contribution in [-0.4, -0.2) is 31.4 Å². The SMILES string of the molecule is CCCC(CCO)CNC(=O)Nc1ccccc1COC. The molecule has 1 rings (SSSR count). The molecule has 1 aromatic carbocycles. The summed E-state index contributed by atoms with van der Waals surface area (Å²) in [5.74, 6) is 0.319. The van der Waals surface area contributed by atoms with Gasteiger partial charge in [0.15, 0.2) is 0 Å². The van der Waals surface area contributed by atoms with Crippen LogP contribution in [0.1, 0.15) is 31.7 Å². The van der Waals surface area contributed by atoms with E-state index in [0.717, 1.165) is 24.1 Å². The van der Waals surface area contributed by atoms with Crippen LogP contribution in [0.3, 0.4) is 0 Å². The zero-order chi connectivity index (χ0) is 15.5. The fourth-order valence-corrected chi connectivity index (χ4v) is 2.27. The number of amides is 2. The maximum Gasteiger partial charge on any atom is 0.319 e. The number of nitrogens with one attached hydrogen (secondary N) is 2. The molecule has 0 radical (unpaired) electrons. The second-order valence-electron chi connectivity index (χ2n) is 5.09. The second kappa shape index (κ2) is 10.2. The van der Waals surface area contributed by atoms with Crippen LogP contribution in [0.2, 0.25) is 0 Å². The molecule has 0 aliphatic rings. The Kier molecular flexibility index (Phi) is 8.47. The van der Waals surface area contributed by atoms with E-state index in [1.807, 2.05) is 24.3 Å². The molecule has 0 saturated heterocycles. The summed E-state index contributed by atoms with van der Waals surface area (Å²) in [6.07, 6.45) is 2.76. The summed E-state index contributed by atoms with van der Waals surface area (Å²) in [5.41, 5.74) is 1.70. The smallest absolute Gasteiger partial charge is 0.319 e. The molecule has 5 heteroatoms. The number of rotatable bonds is 9. The van der Waals surface area contributed by atoms with Gasteiger partial charge in [-0.25, -0.2) is 4.79 Å². The van der Waals surface area contributed by atoms with E-state index in [-0.39, 0.29) is 12.6 Å². The molecule has 2 amide bonds. The van der Waals surface area contributed by atoms with E-state index in [0.29, 0.717) is 25.5 Å². The van der Waals surface area contributed by atoms with Crippen molar-refractivity contribution in [2.75, 3.05) is 25.6 Å². The minimum atomic E-state index is -0.224. The Morgan fingerprint density at radius 1 is 1.33 bits per heavy atom. The lowest BCUT2D eigenvalue weighted by molar-refractivity contribution is 0.185. The van der Waals surface area contributed by atoms with Gasteiger partial charge < -0.3 is 20.5 Å². The fourth-order valence-electron chi connectivity index (χ4n) is 2.27. The van der Waals surface area contributed by atoms with Gasteiger partial charge in [-0.05, 0) is 24.8 Å². The molecule has 3 N–H and O–H groups in total. The van der Waals surface area contributed by atoms with Gasteiger partial charge >= 0.3 is 6.03 Å². The Labute approximate surface area is 126 Å². The van der Waals surface area contributed by atoms with Crippen LogP contribution in [0.15, 0.2) is 24.3 Å². The first kappa shape index (κ1) is 17.5. The number of ether oxygens (including phenoxy) is 1. The summed E-state index contributed by atoms with van der Waals surface area (Å²) < 4.78 is 5.11. The molecule has 0 fully saturated rings. The molecule has 0 aliphatic heterocycles. The number of aliphatic hydroxyl groups is 1. The van der Waals surface area contributed by atoms with Crippen molar-refractivity contribution < 1.29 is 14.6 Å². The summed E-state index contributed by atoms with van der Waals surface area (Å²) >= 11 is 0. The monoisotopic (exact) mass is 294 g/mol. The number of methoxy groups -OCH3 is 1. The van der Waals surface area contributed by atoms with Gasteiger partial charge in [-0.1, -0.05) is 31.5 Å². The molecular weight excluding hydrogens is 268 g/mol. The van der Waals surface area contributed by atoms with Crippen molar-refractivity contribution >= 4 is 11.7 Å². The first-order valence-electron chi connectivity index (χ1n) is 7.43. The van der Waals surface area contributed by atoms with E-state index in [4.69, 9.17) is 9.84 Å². The summed E-state index contributed by atoms with van der Waals surface area (Å²) in [6, 6.07) is 7.34. The van der Waals surface area contributed by atoms with E-state index in [1.54, 1.807) is 7.11 Å². The topological polar surface area (TPSA) is 70.6 Å². The molecule has 1 atom stereocenters. The summed E-state index contributed by atoms with van der Waals surface area (Å²) in [6.45, 7) is 3.29. The second-order valence-corrected chi connectivity index (χ2v) is 5.09. The van der Waals surface area contributed by atoms with Gasteiger partial charge in [0.05, 0.1) is 6.61 Å². The number of benzene rings is 1. The summed E-state index contributed by atoms with van der Waals surface area (Å²) in [5, 5.41) is 14.7. The van der Waals surface area contributed by atoms with Crippen molar-refractivity contribution in [3.05, 3.63) is 29.8 Å². The highest BCUT2D eigenvalue weighted by atomic mass is 16.5. The van der Waals surface area contributed by atoms with Gasteiger partial charge in [0.1, 0.15) is 0 Å². The molecule has 0 aromatic heterocycles. The molecule has 0 saturated carbocycles. The number of para-hydroxylation sites is 1. The average Bonchev–Trinajstić information content (AvgIpc) is 2.47. The van der Waals surface area contributed by atoms with Crippen LogP contribution in [0.4, 0.5) is 10.5 Å². The molecular formula is C16H26N2O3. The van der Waals surface area contributed by atoms with Crippen molar-refractivity contribution in [2.24, 2.45) is 5.92 Å². The summed E-state index contributed by atoms with van der Waals surface area (Å²) in [4.78, 5) is 12.0. The Morgan fingerprint density at radius 2 is 2.10 bits per heavy atom. The van der Waals surface area contributed by atoms with Gasteiger partial charge in [0.2, 0.25) is 0 Å². The van der Waals surface area contributed by atoms with Gasteiger partial charge in [-0.3, -0.25) is 0 Å². The zero-order valence-corrected chi connectivity index (χ0v) is 12.9. The highest BCUT2D eigenvalue weighted by molar-refractivity contribution is 5.90. The molecule has 21 heavy (non-hydrogen) atoms. The number of aliphatic hydroxyl groups excluding tert-OH is 1. The van der Waals surface area contributed by atoms with E-state index in [1.165, 1.54) is 0 Å². The fraction of sp³-hybridized carbons (Fsp3) is 0.562. The van der Waals surface area contributed by atoms with Gasteiger partial charge in [0.25, 0.3) is 0 Å². The lowest BCUT2D eigenvalue weighted by atomic mass is 10.0. The predicted molar refractivity (Wildman–Crippen MR) is 84.3 cm³/mol. The highest BCUT2D eigenvalue weighted by Crippen LogP contribution is 2.16. The van der Waals surface area contributed by atoms with Crippen LogP contribution in [0, 0.1) is 5.92 Å². The lowest BCUT2D eigenvalue weighted by Crippen LogP contribution is -2.33. The maximum absolute atomic E-state index is 12.0. The van der Waals surface area contributed by atoms with Crippen molar-refractivity contribution in [1.29, 1.82) is 0 Å². The number of urea groups is 1. The van der Waals surface area contributed by atoms with Crippen LogP contribution >= 0.6 is 0 Å². The first-order valence-corrected chi connectivity index (χ1v) is 7.43. The number of hydrogen-bond donors (Lipinski definition) is 3. The Morgan fingerprint density at radius 3 is 2.76 bits per heavy atom. The molecule has 0 heterocycles. The zero-order valence-electron chi connectivity index (χ0n) is 12.9. The van der Waals surface area contributed by atoms with Crippen LogP contribution in [0.5, 0.6) is 0 Å². The normalized spacial score (nSPS) is 12.0. The van der Waals surface area contributed by atoms with E-state index in [2.05, 4.69) is 17.6 Å². The van der Waals surface area contributed by atoms with Crippen molar-refractivity contribution in [3.8, 4) is 0 Å². The number of carbonyl (C=O) groups excluding carboxylic acids is 1. The van der Waals surface area contributed by atoms with Crippen molar-refractivity contribution in [1.82, 2.24) is 5.32 Å². The molecule has 0 bridgehead atoms. The number of carbonyl (C=O) groups is 1. The molecule has 0 aliphatic carbocycles. The molecule has 1 unspecified atom stereocenters. The summed E-state index contributed by atoms with van der Waals surface area (Å²) in [7, 11) is 1.63. The van der Waals surface area contributed by atoms with Gasteiger partial charge in [-0.15, -0.1) is 0 Å². The van der Waals surface area contributed by atoms with E-state index in [9.17, 15) is 4.79 Å². The van der Waals surface area contributed by atoms with Gasteiger partial charge in [0, 0.05) is 31.5 Å². The third-order valence-electron chi connectivity index (χ3n) is 3.35. The first-order chi connectivity index (χ1) is 10.2. The Balaban J connectivity index is 2.49. The van der Waals surface area contributed by atoms with Crippen LogP contribution in [-0.2, 0) is 11.3 Å². The number of anilines is 1. The molecule has 5 nitrogen and oxygen atoms in total. The van der Waals surface area contributed by atoms with Crippen LogP contribution in [0.25, 0.3) is 0 Å². The standard InChI is InChI=1S/C16H26N2O3/c1-3-6-13(9-10-19)11-17-16(20)18-15-8-5-4-7-14(15)12-21-2/h4-5,7-8,13,19H,3,6,9-12H2,1-2H3,(H2,17,18,20). The predicted octanol–water partition coefficient (Wildman–Crippen LogP) is 2.75. The Hall–Kier alpha value is -1.59. The van der Waals surface area contributed by atoms with E-state index < -0.39 is 0 Å². The molecule has 0 spiro atoms. The maximum atomic E-state index is 12.0. The van der Waals surface area contributed by atoms with Crippen molar-refractivity contribution in [2.45, 2.75) is 32.8 Å². The largest absolute Gasteiger partial charge is 0.396 e. The van der Waals surface area contributed by atoms with Gasteiger partial charge in [-0.2, -0.15) is 0 Å². The van der Waals surface area contributed by atoms with Crippen LogP contribution < -0.4 is 10.6 Å². The van der Waals surface area contributed by atoms with E-state index >= 15 is 0 Å². The molecule has 1 aromatic rings.